The summed E-state index contributed by atoms with van der Waals surface area (Å²) < 4.78 is 5.51. The molecule has 1 atom stereocenters. The SMILES string of the molecule is Cc1nnc(C(C)N2CCN(c3ncccc3C#N)CC2)o1. The predicted octanol–water partition coefficient (Wildman–Crippen LogP) is 1.53. The van der Waals surface area contributed by atoms with E-state index in [1.54, 1.807) is 25.3 Å². The minimum atomic E-state index is 0.0996. The van der Waals surface area contributed by atoms with E-state index in [0.717, 1.165) is 32.0 Å². The minimum Gasteiger partial charge on any atom is -0.424 e. The van der Waals surface area contributed by atoms with Gasteiger partial charge in [0.1, 0.15) is 11.9 Å². The number of aromatic nitrogens is 3. The summed E-state index contributed by atoms with van der Waals surface area (Å²) in [5.74, 6) is 2.01. The topological polar surface area (TPSA) is 82.1 Å². The molecule has 0 aromatic carbocycles. The number of nitrogens with zero attached hydrogens (tertiary/aromatic N) is 6. The second-order valence-corrected chi connectivity index (χ2v) is 5.34. The van der Waals surface area contributed by atoms with Crippen LogP contribution in [-0.4, -0.2) is 46.3 Å². The number of hydrogen-bond donors (Lipinski definition) is 0. The van der Waals surface area contributed by atoms with Gasteiger partial charge in [-0.25, -0.2) is 4.98 Å². The zero-order chi connectivity index (χ0) is 15.5. The Morgan fingerprint density at radius 1 is 1.27 bits per heavy atom. The maximum absolute atomic E-state index is 9.19. The summed E-state index contributed by atoms with van der Waals surface area (Å²) in [6.45, 7) is 7.25. The molecule has 0 amide bonds. The fourth-order valence-electron chi connectivity index (χ4n) is 2.69. The van der Waals surface area contributed by atoms with E-state index in [9.17, 15) is 5.26 Å². The third-order valence-corrected chi connectivity index (χ3v) is 3.97. The van der Waals surface area contributed by atoms with Crippen LogP contribution in [0.25, 0.3) is 0 Å². The fourth-order valence-corrected chi connectivity index (χ4v) is 2.69. The Labute approximate surface area is 129 Å². The van der Waals surface area contributed by atoms with Crippen molar-refractivity contribution in [3.63, 3.8) is 0 Å². The van der Waals surface area contributed by atoms with Crippen LogP contribution in [0.3, 0.4) is 0 Å². The lowest BCUT2D eigenvalue weighted by molar-refractivity contribution is 0.171. The first kappa shape index (κ1) is 14.5. The monoisotopic (exact) mass is 298 g/mol. The molecule has 2 aromatic heterocycles. The summed E-state index contributed by atoms with van der Waals surface area (Å²) in [6, 6.07) is 5.90. The van der Waals surface area contributed by atoms with E-state index in [-0.39, 0.29) is 6.04 Å². The van der Waals surface area contributed by atoms with Crippen LogP contribution in [0.15, 0.2) is 22.7 Å². The summed E-state index contributed by atoms with van der Waals surface area (Å²) in [4.78, 5) is 8.81. The van der Waals surface area contributed by atoms with Crippen molar-refractivity contribution in [1.82, 2.24) is 20.1 Å². The molecule has 0 saturated carbocycles. The maximum Gasteiger partial charge on any atom is 0.233 e. The van der Waals surface area contributed by atoms with Crippen LogP contribution in [0.2, 0.25) is 0 Å². The molecular weight excluding hydrogens is 280 g/mol. The van der Waals surface area contributed by atoms with E-state index in [1.165, 1.54) is 0 Å². The molecule has 7 heteroatoms. The van der Waals surface area contributed by atoms with Crippen molar-refractivity contribution in [2.45, 2.75) is 19.9 Å². The lowest BCUT2D eigenvalue weighted by Gasteiger charge is -2.37. The van der Waals surface area contributed by atoms with E-state index in [1.807, 2.05) is 0 Å². The largest absolute Gasteiger partial charge is 0.424 e. The predicted molar refractivity (Wildman–Crippen MR) is 80.2 cm³/mol. The molecule has 1 fully saturated rings. The molecule has 3 heterocycles. The minimum absolute atomic E-state index is 0.0996. The van der Waals surface area contributed by atoms with Crippen LogP contribution in [0.4, 0.5) is 5.82 Å². The third-order valence-electron chi connectivity index (χ3n) is 3.97. The summed E-state index contributed by atoms with van der Waals surface area (Å²) in [5.41, 5.74) is 0.622. The van der Waals surface area contributed by atoms with Gasteiger partial charge in [-0.05, 0) is 19.1 Å². The summed E-state index contributed by atoms with van der Waals surface area (Å²) in [6.07, 6.45) is 1.73. The number of rotatable bonds is 3. The second-order valence-electron chi connectivity index (χ2n) is 5.34. The van der Waals surface area contributed by atoms with Crippen LogP contribution < -0.4 is 4.90 Å². The van der Waals surface area contributed by atoms with Crippen molar-refractivity contribution in [3.05, 3.63) is 35.7 Å². The number of hydrogen-bond acceptors (Lipinski definition) is 7. The molecular formula is C15H18N6O. The first-order chi connectivity index (χ1) is 10.7. The third kappa shape index (κ3) is 2.78. The average Bonchev–Trinajstić information content (AvgIpc) is 3.01. The smallest absolute Gasteiger partial charge is 0.233 e. The Morgan fingerprint density at radius 2 is 2.05 bits per heavy atom. The van der Waals surface area contributed by atoms with Crippen LogP contribution in [0, 0.1) is 18.3 Å². The van der Waals surface area contributed by atoms with Gasteiger partial charge in [-0.2, -0.15) is 5.26 Å². The molecule has 0 spiro atoms. The van der Waals surface area contributed by atoms with Crippen molar-refractivity contribution in [2.75, 3.05) is 31.1 Å². The molecule has 1 unspecified atom stereocenters. The molecule has 2 aromatic rings. The number of aryl methyl sites for hydroxylation is 1. The van der Waals surface area contributed by atoms with Crippen LogP contribution >= 0.6 is 0 Å². The highest BCUT2D eigenvalue weighted by Gasteiger charge is 2.26. The van der Waals surface area contributed by atoms with Gasteiger partial charge in [0.15, 0.2) is 0 Å². The molecule has 0 N–H and O–H groups in total. The van der Waals surface area contributed by atoms with Gasteiger partial charge in [-0.15, -0.1) is 10.2 Å². The zero-order valence-electron chi connectivity index (χ0n) is 12.7. The molecule has 0 aliphatic carbocycles. The van der Waals surface area contributed by atoms with Gasteiger partial charge in [-0.3, -0.25) is 4.90 Å². The molecule has 1 saturated heterocycles. The average molecular weight is 298 g/mol. The highest BCUT2D eigenvalue weighted by atomic mass is 16.4. The van der Waals surface area contributed by atoms with Crippen LogP contribution in [0.1, 0.15) is 30.3 Å². The molecule has 0 bridgehead atoms. The number of piperazine rings is 1. The van der Waals surface area contributed by atoms with Gasteiger partial charge in [0.2, 0.25) is 11.8 Å². The highest BCUT2D eigenvalue weighted by molar-refractivity contribution is 5.53. The second kappa shape index (κ2) is 6.12. The summed E-state index contributed by atoms with van der Waals surface area (Å²) in [7, 11) is 0. The van der Waals surface area contributed by atoms with Crippen molar-refractivity contribution < 1.29 is 4.42 Å². The first-order valence-electron chi connectivity index (χ1n) is 7.33. The van der Waals surface area contributed by atoms with E-state index in [2.05, 4.69) is 38.0 Å². The number of pyridine rings is 1. The fraction of sp³-hybridized carbons (Fsp3) is 0.467. The Balaban J connectivity index is 1.66. The molecule has 3 rings (SSSR count). The summed E-state index contributed by atoms with van der Waals surface area (Å²) >= 11 is 0. The molecule has 0 radical (unpaired) electrons. The maximum atomic E-state index is 9.19. The van der Waals surface area contributed by atoms with Crippen molar-refractivity contribution in [3.8, 4) is 6.07 Å². The van der Waals surface area contributed by atoms with Crippen molar-refractivity contribution >= 4 is 5.82 Å². The van der Waals surface area contributed by atoms with Crippen LogP contribution in [0.5, 0.6) is 0 Å². The van der Waals surface area contributed by atoms with E-state index in [4.69, 9.17) is 4.42 Å². The molecule has 7 nitrogen and oxygen atoms in total. The van der Waals surface area contributed by atoms with E-state index in [0.29, 0.717) is 17.3 Å². The normalized spacial score (nSPS) is 17.2. The van der Waals surface area contributed by atoms with Gasteiger partial charge in [0.05, 0.1) is 11.6 Å². The Hall–Kier alpha value is -2.46. The van der Waals surface area contributed by atoms with Gasteiger partial charge >= 0.3 is 0 Å². The Bertz CT molecular complexity index is 683. The first-order valence-corrected chi connectivity index (χ1v) is 7.33. The Kier molecular flexibility index (Phi) is 4.02. The molecule has 1 aliphatic rings. The van der Waals surface area contributed by atoms with E-state index < -0.39 is 0 Å². The molecule has 114 valence electrons. The van der Waals surface area contributed by atoms with Gasteiger partial charge in [0, 0.05) is 39.3 Å². The van der Waals surface area contributed by atoms with E-state index >= 15 is 0 Å². The summed E-state index contributed by atoms with van der Waals surface area (Å²) in [5, 5.41) is 17.2. The van der Waals surface area contributed by atoms with Gasteiger partial charge in [-0.1, -0.05) is 0 Å². The number of nitriles is 1. The number of anilines is 1. The molecule has 1 aliphatic heterocycles. The lowest BCUT2D eigenvalue weighted by Crippen LogP contribution is -2.47. The Morgan fingerprint density at radius 3 is 2.68 bits per heavy atom. The standard InChI is InChI=1S/C15H18N6O/c1-11(15-19-18-12(2)22-15)20-6-8-21(9-7-20)14-13(10-16)4-3-5-17-14/h3-5,11H,6-9H2,1-2H3. The lowest BCUT2D eigenvalue weighted by atomic mass is 10.2. The van der Waals surface area contributed by atoms with Crippen molar-refractivity contribution in [1.29, 1.82) is 5.26 Å². The molecule has 22 heavy (non-hydrogen) atoms. The highest BCUT2D eigenvalue weighted by Crippen LogP contribution is 2.23. The van der Waals surface area contributed by atoms with Gasteiger partial charge in [0.25, 0.3) is 0 Å². The quantitative estimate of drug-likeness (QED) is 0.849. The van der Waals surface area contributed by atoms with Crippen molar-refractivity contribution in [2.24, 2.45) is 0 Å². The van der Waals surface area contributed by atoms with Crippen LogP contribution in [-0.2, 0) is 0 Å². The van der Waals surface area contributed by atoms with Gasteiger partial charge < -0.3 is 9.32 Å². The zero-order valence-corrected chi connectivity index (χ0v) is 12.7.